The maximum atomic E-state index is 14.0. The quantitative estimate of drug-likeness (QED) is 0.201. The van der Waals surface area contributed by atoms with Gasteiger partial charge in [0.2, 0.25) is 15.9 Å². The van der Waals surface area contributed by atoms with Crippen molar-refractivity contribution in [1.82, 2.24) is 19.2 Å². The van der Waals surface area contributed by atoms with Crippen molar-refractivity contribution < 1.29 is 27.5 Å². The van der Waals surface area contributed by atoms with E-state index in [0.29, 0.717) is 34.5 Å². The summed E-state index contributed by atoms with van der Waals surface area (Å²) in [6, 6.07) is 8.39. The average molecular weight is 612 g/mol. The van der Waals surface area contributed by atoms with Crippen LogP contribution in [-0.4, -0.2) is 65.8 Å². The summed E-state index contributed by atoms with van der Waals surface area (Å²) in [4.78, 5) is 44.2. The zero-order chi connectivity index (χ0) is 31.3. The lowest BCUT2D eigenvalue weighted by Crippen LogP contribution is -2.49. The molecule has 0 saturated heterocycles. The Balaban J connectivity index is 1.63. The molecule has 0 radical (unpaired) electrons. The Hall–Kier alpha value is -3.65. The highest BCUT2D eigenvalue weighted by Gasteiger charge is 2.48. The fraction of sp³-hybridized carbons (Fsp3) is 0.467. The Kier molecular flexibility index (Phi) is 8.20. The number of rotatable bonds is 10. The molecule has 5 rings (SSSR count). The van der Waals surface area contributed by atoms with Gasteiger partial charge in [0, 0.05) is 29.1 Å². The zero-order valence-electron chi connectivity index (χ0n) is 25.0. The molecule has 3 aromatic rings. The number of nitrogens with one attached hydrogen (secondary N) is 1. The number of hydrogen-bond acceptors (Lipinski definition) is 9. The van der Waals surface area contributed by atoms with Crippen molar-refractivity contribution in [2.45, 2.75) is 71.4 Å². The molecule has 0 fully saturated rings. The Bertz CT molecular complexity index is 1780. The lowest BCUT2D eigenvalue weighted by molar-refractivity contribution is -0.183. The smallest absolute Gasteiger partial charge is 0.343 e. The Labute approximate surface area is 250 Å². The summed E-state index contributed by atoms with van der Waals surface area (Å²) in [7, 11) is -3.44. The second-order valence-corrected chi connectivity index (χ2v) is 13.3. The summed E-state index contributed by atoms with van der Waals surface area (Å²) in [5.41, 5.74) is 7.95. The number of pyridine rings is 2. The van der Waals surface area contributed by atoms with Crippen LogP contribution in [0.15, 0.2) is 35.1 Å². The molecule has 230 valence electrons. The summed E-state index contributed by atoms with van der Waals surface area (Å²) in [6.07, 6.45) is 1.77. The van der Waals surface area contributed by atoms with Gasteiger partial charge in [0.1, 0.15) is 13.3 Å². The van der Waals surface area contributed by atoms with E-state index in [9.17, 15) is 22.8 Å². The molecule has 0 spiro atoms. The summed E-state index contributed by atoms with van der Waals surface area (Å²) >= 11 is 0. The predicted octanol–water partition coefficient (Wildman–Crippen LogP) is 1.74. The van der Waals surface area contributed by atoms with Gasteiger partial charge in [-0.15, -0.1) is 0 Å². The summed E-state index contributed by atoms with van der Waals surface area (Å²) in [5, 5.41) is 3.44. The van der Waals surface area contributed by atoms with E-state index in [-0.39, 0.29) is 44.4 Å². The first-order valence-electron chi connectivity index (χ1n) is 14.3. The van der Waals surface area contributed by atoms with E-state index in [1.807, 2.05) is 38.1 Å². The van der Waals surface area contributed by atoms with Gasteiger partial charge < -0.3 is 25.1 Å². The van der Waals surface area contributed by atoms with E-state index in [4.69, 9.17) is 20.2 Å². The molecule has 0 unspecified atom stereocenters. The van der Waals surface area contributed by atoms with Crippen molar-refractivity contribution in [3.05, 3.63) is 62.9 Å². The molecule has 0 aliphatic carbocycles. The Morgan fingerprint density at radius 1 is 1.23 bits per heavy atom. The lowest BCUT2D eigenvalue weighted by Gasteiger charge is -2.36. The number of benzene rings is 1. The number of carbonyl (C=O) groups excluding carboxylic acids is 2. The van der Waals surface area contributed by atoms with Crippen molar-refractivity contribution in [3.8, 4) is 11.4 Å². The molecular formula is C30H37N5O7S. The molecule has 2 aromatic heterocycles. The van der Waals surface area contributed by atoms with E-state index >= 15 is 0 Å². The van der Waals surface area contributed by atoms with Crippen molar-refractivity contribution in [1.29, 1.82) is 0 Å². The summed E-state index contributed by atoms with van der Waals surface area (Å²) in [5.74, 6) is -1.10. The first kappa shape index (κ1) is 30.8. The number of aromatic nitrogens is 2. The molecule has 0 saturated carbocycles. The van der Waals surface area contributed by atoms with Crippen LogP contribution in [0.4, 0.5) is 0 Å². The van der Waals surface area contributed by atoms with Gasteiger partial charge >= 0.3 is 5.97 Å². The van der Waals surface area contributed by atoms with Crippen LogP contribution < -0.4 is 16.6 Å². The average Bonchev–Trinajstić information content (AvgIpc) is 3.31. The van der Waals surface area contributed by atoms with Crippen LogP contribution in [0, 0.1) is 0 Å². The number of nitrogens with two attached hydrogens (primary N) is 1. The van der Waals surface area contributed by atoms with Crippen LogP contribution in [0.2, 0.25) is 0 Å². The number of ether oxygens (including phenoxy) is 2. The van der Waals surface area contributed by atoms with Crippen LogP contribution in [0.5, 0.6) is 0 Å². The minimum atomic E-state index is -3.44. The van der Waals surface area contributed by atoms with E-state index in [1.54, 1.807) is 17.6 Å². The molecule has 1 aromatic carbocycles. The van der Waals surface area contributed by atoms with Crippen molar-refractivity contribution in [2.24, 2.45) is 5.73 Å². The highest BCUT2D eigenvalue weighted by atomic mass is 32.2. The minimum absolute atomic E-state index is 0.148. The normalized spacial score (nSPS) is 18.4. The number of hydrogen-bond donors (Lipinski definition) is 2. The van der Waals surface area contributed by atoms with Gasteiger partial charge in [0.05, 0.1) is 41.3 Å². The van der Waals surface area contributed by atoms with Gasteiger partial charge in [-0.1, -0.05) is 25.1 Å². The standard InChI is InChI=1S/C30H37N5O7S/c1-6-30(42-16-32-27(36)18(4)31)23-13-25-26-21(14-34(25)28(37)22(23)15-41-29(30)38)19(20-9-7-8-10-24(20)33-26)11-12-35(17(2)3)43(5,39)40/h7-10,13,17-18H,6,11-12,14-16,31H2,1-5H3,(H,32,36)/t18-,30-/m0/s1. The number of sulfonamides is 1. The fourth-order valence-electron chi connectivity index (χ4n) is 6.05. The number of esters is 1. The van der Waals surface area contributed by atoms with Crippen LogP contribution >= 0.6 is 0 Å². The number of cyclic esters (lactones) is 1. The molecule has 4 heterocycles. The predicted molar refractivity (Wildman–Crippen MR) is 160 cm³/mol. The van der Waals surface area contributed by atoms with Gasteiger partial charge in [0.15, 0.2) is 5.60 Å². The van der Waals surface area contributed by atoms with Gasteiger partial charge in [-0.25, -0.2) is 18.2 Å². The van der Waals surface area contributed by atoms with Crippen LogP contribution in [0.25, 0.3) is 22.3 Å². The molecule has 13 heteroatoms. The monoisotopic (exact) mass is 611 g/mol. The highest BCUT2D eigenvalue weighted by Crippen LogP contribution is 2.42. The number of fused-ring (bicyclic) bond motifs is 5. The second-order valence-electron chi connectivity index (χ2n) is 11.3. The molecule has 1 amide bonds. The van der Waals surface area contributed by atoms with Crippen LogP contribution in [-0.2, 0) is 54.3 Å². The zero-order valence-corrected chi connectivity index (χ0v) is 25.8. The van der Waals surface area contributed by atoms with Crippen molar-refractivity contribution in [2.75, 3.05) is 19.5 Å². The van der Waals surface area contributed by atoms with Crippen molar-refractivity contribution in [3.63, 3.8) is 0 Å². The topological polar surface area (TPSA) is 163 Å². The third-order valence-corrected chi connectivity index (χ3v) is 9.70. The molecule has 3 N–H and O–H groups in total. The van der Waals surface area contributed by atoms with E-state index in [0.717, 1.165) is 16.5 Å². The molecule has 0 bridgehead atoms. The molecular weight excluding hydrogens is 574 g/mol. The maximum Gasteiger partial charge on any atom is 0.343 e. The molecule has 43 heavy (non-hydrogen) atoms. The number of para-hydroxylation sites is 1. The Morgan fingerprint density at radius 2 is 1.95 bits per heavy atom. The van der Waals surface area contributed by atoms with Gasteiger partial charge in [-0.2, -0.15) is 4.31 Å². The third kappa shape index (κ3) is 5.35. The lowest BCUT2D eigenvalue weighted by atomic mass is 9.85. The third-order valence-electron chi connectivity index (χ3n) is 8.24. The summed E-state index contributed by atoms with van der Waals surface area (Å²) < 4.78 is 39.5. The largest absolute Gasteiger partial charge is 0.458 e. The van der Waals surface area contributed by atoms with Crippen LogP contribution in [0.3, 0.4) is 0 Å². The van der Waals surface area contributed by atoms with E-state index in [2.05, 4.69) is 5.32 Å². The molecule has 2 aliphatic heterocycles. The molecule has 12 nitrogen and oxygen atoms in total. The maximum absolute atomic E-state index is 14.0. The SMILES string of the molecule is CC[C@@]1(OCNC(=O)[C@H](C)N)C(=O)OCc2c1cc1n(c2=O)Cc2c-1nc1ccccc1c2CCN(C(C)C)S(C)(=O)=O. The van der Waals surface area contributed by atoms with Gasteiger partial charge in [-0.05, 0) is 51.3 Å². The number of amides is 1. The van der Waals surface area contributed by atoms with Gasteiger partial charge in [0.25, 0.3) is 5.56 Å². The van der Waals surface area contributed by atoms with Crippen molar-refractivity contribution >= 4 is 32.8 Å². The first-order valence-corrected chi connectivity index (χ1v) is 16.1. The minimum Gasteiger partial charge on any atom is -0.458 e. The van der Waals surface area contributed by atoms with E-state index in [1.165, 1.54) is 17.5 Å². The number of carbonyl (C=O) groups is 2. The Morgan fingerprint density at radius 3 is 2.60 bits per heavy atom. The second kappa shape index (κ2) is 11.5. The summed E-state index contributed by atoms with van der Waals surface area (Å²) in [6.45, 7) is 6.94. The molecule has 2 aliphatic rings. The fourth-order valence-corrected chi connectivity index (χ4v) is 7.23. The van der Waals surface area contributed by atoms with Crippen LogP contribution in [0.1, 0.15) is 56.4 Å². The van der Waals surface area contributed by atoms with E-state index < -0.39 is 33.5 Å². The number of nitrogens with zero attached hydrogens (tertiary/aromatic N) is 3. The molecule has 2 atom stereocenters. The highest BCUT2D eigenvalue weighted by molar-refractivity contribution is 7.88. The first-order chi connectivity index (χ1) is 20.3. The van der Waals surface area contributed by atoms with Gasteiger partial charge in [-0.3, -0.25) is 9.59 Å².